The second-order valence-electron chi connectivity index (χ2n) is 7.33. The zero-order chi connectivity index (χ0) is 20.2. The molecule has 2 amide bonds. The number of nitrogens with zero attached hydrogens (tertiary/aromatic N) is 1. The third-order valence-electron chi connectivity index (χ3n) is 5.46. The van der Waals surface area contributed by atoms with Crippen molar-refractivity contribution in [1.29, 1.82) is 0 Å². The number of methoxy groups -OCH3 is 1. The fourth-order valence-electron chi connectivity index (χ4n) is 3.88. The van der Waals surface area contributed by atoms with Gasteiger partial charge in [0.25, 0.3) is 5.91 Å². The van der Waals surface area contributed by atoms with Gasteiger partial charge in [-0.25, -0.2) is 0 Å². The van der Waals surface area contributed by atoms with Crippen LogP contribution in [0.1, 0.15) is 23.2 Å². The second kappa shape index (κ2) is 8.35. The lowest BCUT2D eigenvalue weighted by atomic mass is 9.95. The molecule has 1 saturated heterocycles. The van der Waals surface area contributed by atoms with Crippen molar-refractivity contribution >= 4 is 28.3 Å². The van der Waals surface area contributed by atoms with Crippen LogP contribution in [0.5, 0.6) is 5.75 Å². The van der Waals surface area contributed by atoms with Crippen LogP contribution >= 0.6 is 0 Å². The minimum atomic E-state index is -0.218. The van der Waals surface area contributed by atoms with E-state index < -0.39 is 0 Å². The van der Waals surface area contributed by atoms with Crippen LogP contribution in [0.3, 0.4) is 0 Å². The van der Waals surface area contributed by atoms with Crippen LogP contribution in [0.4, 0.5) is 5.69 Å². The van der Waals surface area contributed by atoms with Gasteiger partial charge in [0.05, 0.1) is 13.0 Å². The molecule has 1 heterocycles. The first kappa shape index (κ1) is 19.0. The Kier molecular flexibility index (Phi) is 5.47. The van der Waals surface area contributed by atoms with Crippen LogP contribution in [0.25, 0.3) is 10.8 Å². The molecule has 1 atom stereocenters. The van der Waals surface area contributed by atoms with Gasteiger partial charge < -0.3 is 15.0 Å². The maximum absolute atomic E-state index is 13.2. The van der Waals surface area contributed by atoms with Gasteiger partial charge in [-0.1, -0.05) is 36.4 Å². The van der Waals surface area contributed by atoms with Gasteiger partial charge in [-0.3, -0.25) is 9.59 Å². The molecule has 3 aromatic rings. The maximum atomic E-state index is 13.2. The van der Waals surface area contributed by atoms with Crippen molar-refractivity contribution in [2.45, 2.75) is 12.8 Å². The number of benzene rings is 3. The van der Waals surface area contributed by atoms with Crippen molar-refractivity contribution < 1.29 is 14.3 Å². The molecule has 0 aromatic heterocycles. The lowest BCUT2D eigenvalue weighted by Crippen LogP contribution is -2.43. The van der Waals surface area contributed by atoms with Crippen molar-refractivity contribution in [2.24, 2.45) is 5.92 Å². The molecule has 148 valence electrons. The summed E-state index contributed by atoms with van der Waals surface area (Å²) in [5.41, 5.74) is 1.42. The number of hydrogen-bond donors (Lipinski definition) is 1. The van der Waals surface area contributed by atoms with Gasteiger partial charge in [-0.15, -0.1) is 0 Å². The van der Waals surface area contributed by atoms with E-state index in [4.69, 9.17) is 4.74 Å². The Bertz CT molecular complexity index is 1020. The molecule has 29 heavy (non-hydrogen) atoms. The normalized spacial score (nSPS) is 16.4. The highest BCUT2D eigenvalue weighted by atomic mass is 16.5. The van der Waals surface area contributed by atoms with Crippen LogP contribution in [0.15, 0.2) is 66.7 Å². The third-order valence-corrected chi connectivity index (χ3v) is 5.46. The second-order valence-corrected chi connectivity index (χ2v) is 7.33. The van der Waals surface area contributed by atoms with E-state index in [0.717, 1.165) is 35.1 Å². The number of hydrogen-bond acceptors (Lipinski definition) is 3. The summed E-state index contributed by atoms with van der Waals surface area (Å²) in [5.74, 6) is 0.464. The van der Waals surface area contributed by atoms with Gasteiger partial charge in [0.15, 0.2) is 0 Å². The lowest BCUT2D eigenvalue weighted by Gasteiger charge is -2.32. The minimum Gasteiger partial charge on any atom is -0.497 e. The van der Waals surface area contributed by atoms with Gasteiger partial charge in [0, 0.05) is 24.3 Å². The number of amides is 2. The highest BCUT2D eigenvalue weighted by molar-refractivity contribution is 6.07. The molecule has 0 saturated carbocycles. The Morgan fingerprint density at radius 1 is 1.00 bits per heavy atom. The van der Waals surface area contributed by atoms with Crippen molar-refractivity contribution in [1.82, 2.24) is 4.90 Å². The van der Waals surface area contributed by atoms with E-state index in [1.165, 1.54) is 0 Å². The predicted octanol–water partition coefficient (Wildman–Crippen LogP) is 4.34. The van der Waals surface area contributed by atoms with E-state index in [1.54, 1.807) is 7.11 Å². The molecule has 4 rings (SSSR count). The Morgan fingerprint density at radius 3 is 2.55 bits per heavy atom. The summed E-state index contributed by atoms with van der Waals surface area (Å²) in [6, 6.07) is 20.9. The standard InChI is InChI=1S/C24H24N2O3/c1-29-20-13-11-19(12-14-20)25-23(27)18-8-5-15-26(16-18)24(28)22-10-4-7-17-6-2-3-9-21(17)22/h2-4,6-7,9-14,18H,5,8,15-16H2,1H3,(H,25,27). The van der Waals surface area contributed by atoms with E-state index in [-0.39, 0.29) is 17.7 Å². The molecule has 1 aliphatic rings. The topological polar surface area (TPSA) is 58.6 Å². The minimum absolute atomic E-state index is 0.0104. The molecular formula is C24H24N2O3. The van der Waals surface area contributed by atoms with Crippen LogP contribution in [-0.4, -0.2) is 36.9 Å². The smallest absolute Gasteiger partial charge is 0.254 e. The molecule has 1 unspecified atom stereocenters. The first-order valence-electron chi connectivity index (χ1n) is 9.87. The Hall–Kier alpha value is -3.34. The zero-order valence-corrected chi connectivity index (χ0v) is 16.4. The molecule has 0 radical (unpaired) electrons. The average Bonchev–Trinajstić information content (AvgIpc) is 2.79. The summed E-state index contributed by atoms with van der Waals surface area (Å²) in [5, 5.41) is 4.95. The molecule has 5 nitrogen and oxygen atoms in total. The van der Waals surface area contributed by atoms with Crippen LogP contribution in [-0.2, 0) is 4.79 Å². The molecule has 5 heteroatoms. The van der Waals surface area contributed by atoms with Crippen LogP contribution in [0, 0.1) is 5.92 Å². The van der Waals surface area contributed by atoms with Crippen molar-refractivity contribution in [2.75, 3.05) is 25.5 Å². The fourth-order valence-corrected chi connectivity index (χ4v) is 3.88. The fraction of sp³-hybridized carbons (Fsp3) is 0.250. The summed E-state index contributed by atoms with van der Waals surface area (Å²) in [4.78, 5) is 27.8. The molecule has 1 N–H and O–H groups in total. The van der Waals surface area contributed by atoms with E-state index in [9.17, 15) is 9.59 Å². The zero-order valence-electron chi connectivity index (χ0n) is 16.4. The summed E-state index contributed by atoms with van der Waals surface area (Å²) < 4.78 is 5.15. The summed E-state index contributed by atoms with van der Waals surface area (Å²) >= 11 is 0. The largest absolute Gasteiger partial charge is 0.497 e. The average molecular weight is 388 g/mol. The van der Waals surface area contributed by atoms with Gasteiger partial charge in [-0.2, -0.15) is 0 Å². The predicted molar refractivity (Wildman–Crippen MR) is 114 cm³/mol. The lowest BCUT2D eigenvalue weighted by molar-refractivity contribution is -0.121. The number of rotatable bonds is 4. The molecule has 1 fully saturated rings. The van der Waals surface area contributed by atoms with E-state index in [1.807, 2.05) is 71.6 Å². The quantitative estimate of drug-likeness (QED) is 0.723. The number of anilines is 1. The van der Waals surface area contributed by atoms with Crippen LogP contribution < -0.4 is 10.1 Å². The van der Waals surface area contributed by atoms with E-state index in [0.29, 0.717) is 18.7 Å². The molecule has 0 aliphatic carbocycles. The maximum Gasteiger partial charge on any atom is 0.254 e. The number of piperidine rings is 1. The summed E-state index contributed by atoms with van der Waals surface area (Å²) in [6.07, 6.45) is 1.60. The number of carbonyl (C=O) groups excluding carboxylic acids is 2. The number of carbonyl (C=O) groups is 2. The number of ether oxygens (including phenoxy) is 1. The number of nitrogens with one attached hydrogen (secondary N) is 1. The molecular weight excluding hydrogens is 364 g/mol. The van der Waals surface area contributed by atoms with E-state index >= 15 is 0 Å². The monoisotopic (exact) mass is 388 g/mol. The van der Waals surface area contributed by atoms with Crippen molar-refractivity contribution in [3.63, 3.8) is 0 Å². The Balaban J connectivity index is 1.47. The third kappa shape index (κ3) is 4.09. The first-order valence-corrected chi connectivity index (χ1v) is 9.87. The van der Waals surface area contributed by atoms with Gasteiger partial charge in [0.1, 0.15) is 5.75 Å². The summed E-state index contributed by atoms with van der Waals surface area (Å²) in [6.45, 7) is 1.11. The molecule has 0 spiro atoms. The molecule has 3 aromatic carbocycles. The van der Waals surface area contributed by atoms with Gasteiger partial charge >= 0.3 is 0 Å². The number of likely N-dealkylation sites (tertiary alicyclic amines) is 1. The van der Waals surface area contributed by atoms with Gasteiger partial charge in [0.2, 0.25) is 5.91 Å². The van der Waals surface area contributed by atoms with Crippen LogP contribution in [0.2, 0.25) is 0 Å². The SMILES string of the molecule is COc1ccc(NC(=O)C2CCCN(C(=O)c3cccc4ccccc34)C2)cc1. The van der Waals surface area contributed by atoms with Crippen molar-refractivity contribution in [3.05, 3.63) is 72.3 Å². The highest BCUT2D eigenvalue weighted by Gasteiger charge is 2.29. The first-order chi connectivity index (χ1) is 14.2. The highest BCUT2D eigenvalue weighted by Crippen LogP contribution is 2.24. The van der Waals surface area contributed by atoms with Gasteiger partial charge in [-0.05, 0) is 53.9 Å². The Labute approximate surface area is 170 Å². The number of fused-ring (bicyclic) bond motifs is 1. The summed E-state index contributed by atoms with van der Waals surface area (Å²) in [7, 11) is 1.61. The molecule has 1 aliphatic heterocycles. The Morgan fingerprint density at radius 2 is 1.76 bits per heavy atom. The van der Waals surface area contributed by atoms with E-state index in [2.05, 4.69) is 5.32 Å². The van der Waals surface area contributed by atoms with Crippen molar-refractivity contribution in [3.8, 4) is 5.75 Å². The molecule has 0 bridgehead atoms.